The zero-order valence-electron chi connectivity index (χ0n) is 53.2. The first-order valence-electron chi connectivity index (χ1n) is 34.3. The highest BCUT2D eigenvalue weighted by Gasteiger charge is 2.44. The molecule has 0 bridgehead atoms. The van der Waals surface area contributed by atoms with Crippen LogP contribution in [-0.2, 0) is 14.3 Å². The first-order chi connectivity index (χ1) is 40.8. The molecule has 0 aliphatic carbocycles. The van der Waals surface area contributed by atoms with E-state index in [0.717, 1.165) is 116 Å². The molecule has 1 rings (SSSR count). The molecule has 476 valence electrons. The van der Waals surface area contributed by atoms with Gasteiger partial charge in [-0.2, -0.15) is 0 Å². The zero-order chi connectivity index (χ0) is 60.0. The molecule has 7 unspecified atom stereocenters. The van der Waals surface area contributed by atoms with Crippen LogP contribution in [0, 0.1) is 0 Å². The van der Waals surface area contributed by atoms with Crippen LogP contribution in [0.1, 0.15) is 284 Å². The van der Waals surface area contributed by atoms with E-state index in [-0.39, 0.29) is 12.5 Å². The summed E-state index contributed by atoms with van der Waals surface area (Å²) in [5.74, 6) is -0.204. The van der Waals surface area contributed by atoms with Crippen molar-refractivity contribution in [1.29, 1.82) is 0 Å². The summed E-state index contributed by atoms with van der Waals surface area (Å²) in [6, 6.07) is -0.841. The number of unbranched alkanes of at least 4 members (excludes halogenated alkanes) is 30. The maximum atomic E-state index is 13.1. The van der Waals surface area contributed by atoms with Crippen LogP contribution in [0.15, 0.2) is 122 Å². The van der Waals surface area contributed by atoms with Crippen molar-refractivity contribution in [3.05, 3.63) is 122 Å². The molecule has 1 aliphatic heterocycles. The number of nitrogens with one attached hydrogen (secondary N) is 1. The SMILES string of the molecule is CC/C=C\C/C=C\C/C=C\C/C=C\C/C=C\C/C=C\C/C=C\C/C=C\CCCCCCCCC(=O)NC(COC1OC(CO)C(O)C(O)C1O)C(O)/C=C/CC/C=C/CCCCCCCCCCCCCCCCCCCCCCCCC. The molecule has 83 heavy (non-hydrogen) atoms. The fraction of sp³-hybridized carbons (Fsp3) is 0.716. The number of carbonyl (C=O) groups is 1. The number of ether oxygens (including phenoxy) is 2. The number of amides is 1. The molecule has 0 spiro atoms. The zero-order valence-corrected chi connectivity index (χ0v) is 53.2. The fourth-order valence-corrected chi connectivity index (χ4v) is 10.2. The van der Waals surface area contributed by atoms with Gasteiger partial charge in [-0.25, -0.2) is 0 Å². The van der Waals surface area contributed by atoms with Gasteiger partial charge in [0.25, 0.3) is 0 Å². The molecule has 1 amide bonds. The van der Waals surface area contributed by atoms with Crippen molar-refractivity contribution in [1.82, 2.24) is 5.32 Å². The van der Waals surface area contributed by atoms with Gasteiger partial charge < -0.3 is 40.3 Å². The number of allylic oxidation sites excluding steroid dienone is 19. The van der Waals surface area contributed by atoms with E-state index in [1.165, 1.54) is 148 Å². The van der Waals surface area contributed by atoms with Crippen LogP contribution in [-0.4, -0.2) is 87.5 Å². The normalized spacial score (nSPS) is 19.0. The quantitative estimate of drug-likeness (QED) is 0.0261. The Labute approximate surface area is 509 Å². The lowest BCUT2D eigenvalue weighted by molar-refractivity contribution is -0.302. The van der Waals surface area contributed by atoms with Crippen LogP contribution < -0.4 is 5.32 Å². The predicted octanol–water partition coefficient (Wildman–Crippen LogP) is 18.6. The van der Waals surface area contributed by atoms with Crippen LogP contribution in [0.3, 0.4) is 0 Å². The van der Waals surface area contributed by atoms with Gasteiger partial charge >= 0.3 is 0 Å². The third kappa shape index (κ3) is 50.5. The third-order valence-electron chi connectivity index (χ3n) is 15.5. The van der Waals surface area contributed by atoms with Crippen molar-refractivity contribution in [3.63, 3.8) is 0 Å². The Morgan fingerprint density at radius 1 is 0.422 bits per heavy atom. The number of hydrogen-bond donors (Lipinski definition) is 6. The summed E-state index contributed by atoms with van der Waals surface area (Å²) < 4.78 is 11.3. The average Bonchev–Trinajstić information content (AvgIpc) is 3.61. The number of rotatable bonds is 58. The Balaban J connectivity index is 2.21. The van der Waals surface area contributed by atoms with Crippen molar-refractivity contribution in [3.8, 4) is 0 Å². The van der Waals surface area contributed by atoms with Gasteiger partial charge in [0.2, 0.25) is 5.91 Å². The van der Waals surface area contributed by atoms with E-state index in [9.17, 15) is 30.3 Å². The van der Waals surface area contributed by atoms with Gasteiger partial charge in [-0.3, -0.25) is 4.79 Å². The fourth-order valence-electron chi connectivity index (χ4n) is 10.2. The van der Waals surface area contributed by atoms with Gasteiger partial charge in [-0.1, -0.05) is 302 Å². The molecule has 0 radical (unpaired) electrons. The summed E-state index contributed by atoms with van der Waals surface area (Å²) in [6.07, 6.45) is 85.8. The topological polar surface area (TPSA) is 149 Å². The van der Waals surface area contributed by atoms with E-state index in [1.54, 1.807) is 6.08 Å². The van der Waals surface area contributed by atoms with Crippen LogP contribution in [0.4, 0.5) is 0 Å². The highest BCUT2D eigenvalue weighted by molar-refractivity contribution is 5.76. The third-order valence-corrected chi connectivity index (χ3v) is 15.5. The molecule has 1 aliphatic rings. The van der Waals surface area contributed by atoms with Crippen LogP contribution in [0.2, 0.25) is 0 Å². The van der Waals surface area contributed by atoms with Gasteiger partial charge in [0, 0.05) is 6.42 Å². The minimum Gasteiger partial charge on any atom is -0.394 e. The van der Waals surface area contributed by atoms with E-state index >= 15 is 0 Å². The first-order valence-corrected chi connectivity index (χ1v) is 34.3. The van der Waals surface area contributed by atoms with Crippen molar-refractivity contribution in [2.45, 2.75) is 326 Å². The Kier molecular flexibility index (Phi) is 57.7. The second-order valence-electron chi connectivity index (χ2n) is 23.2. The van der Waals surface area contributed by atoms with Crippen molar-refractivity contribution in [2.75, 3.05) is 13.2 Å². The Hall–Kier alpha value is -3.41. The molecule has 0 aromatic carbocycles. The smallest absolute Gasteiger partial charge is 0.220 e. The molecule has 9 nitrogen and oxygen atoms in total. The van der Waals surface area contributed by atoms with Crippen molar-refractivity contribution in [2.24, 2.45) is 0 Å². The number of carbonyl (C=O) groups excluding carboxylic acids is 1. The van der Waals surface area contributed by atoms with E-state index < -0.39 is 49.5 Å². The van der Waals surface area contributed by atoms with E-state index in [4.69, 9.17) is 9.47 Å². The minimum absolute atomic E-state index is 0.204. The number of aliphatic hydroxyl groups is 5. The van der Waals surface area contributed by atoms with Gasteiger partial charge in [0.1, 0.15) is 24.4 Å². The maximum absolute atomic E-state index is 13.1. The first kappa shape index (κ1) is 77.6. The lowest BCUT2D eigenvalue weighted by atomic mass is 9.99. The molecular weight excluding hydrogens is 1030 g/mol. The highest BCUT2D eigenvalue weighted by Crippen LogP contribution is 2.23. The largest absolute Gasteiger partial charge is 0.394 e. The second-order valence-corrected chi connectivity index (χ2v) is 23.2. The highest BCUT2D eigenvalue weighted by atomic mass is 16.7. The van der Waals surface area contributed by atoms with E-state index in [2.05, 4.69) is 129 Å². The van der Waals surface area contributed by atoms with Crippen molar-refractivity contribution >= 4 is 5.91 Å². The summed E-state index contributed by atoms with van der Waals surface area (Å²) in [6.45, 7) is 3.66. The molecule has 1 saturated heterocycles. The van der Waals surface area contributed by atoms with Gasteiger partial charge in [0.05, 0.1) is 25.4 Å². The van der Waals surface area contributed by atoms with Gasteiger partial charge in [-0.15, -0.1) is 0 Å². The summed E-state index contributed by atoms with van der Waals surface area (Å²) in [5.41, 5.74) is 0. The lowest BCUT2D eigenvalue weighted by Gasteiger charge is -2.40. The van der Waals surface area contributed by atoms with Crippen molar-refractivity contribution < 1.29 is 39.8 Å². The lowest BCUT2D eigenvalue weighted by Crippen LogP contribution is -2.60. The Morgan fingerprint density at radius 3 is 1.16 bits per heavy atom. The summed E-state index contributed by atoms with van der Waals surface area (Å²) in [5, 5.41) is 54.7. The molecule has 6 N–H and O–H groups in total. The molecule has 0 aromatic heterocycles. The number of hydrogen-bond acceptors (Lipinski definition) is 8. The monoisotopic (exact) mass is 1160 g/mol. The predicted molar refractivity (Wildman–Crippen MR) is 354 cm³/mol. The molecule has 7 atom stereocenters. The average molecular weight is 1160 g/mol. The summed E-state index contributed by atoms with van der Waals surface area (Å²) in [7, 11) is 0. The molecule has 0 aromatic rings. The maximum Gasteiger partial charge on any atom is 0.220 e. The Morgan fingerprint density at radius 2 is 0.759 bits per heavy atom. The van der Waals surface area contributed by atoms with Gasteiger partial charge in [0.15, 0.2) is 6.29 Å². The molecule has 1 fully saturated rings. The second kappa shape index (κ2) is 61.7. The standard InChI is InChI=1S/C74H127NO8/c1-3-5-7-9-11-13-15-17-19-21-23-25-27-29-31-33-34-36-38-40-42-44-46-48-50-52-54-56-58-60-62-64-70(78)75-67(66-82-74-73(81)72(80)71(79)69(65-76)83-74)68(77)63-61-59-57-55-53-51-49-47-45-43-41-39-37-35-32-30-28-26-24-22-20-18-16-14-12-10-8-6-4-2/h5,7,11,13,17,19,23,25,29,31,34,36,40,42,46,48,53,55,61,63,67-69,71-74,76-77,79-81H,3-4,6,8-10,12,14-16,18,20-22,24,26-28,30,32-33,35,37-39,41,43-45,47,49-52,54,56-60,62,64-66H2,1-2H3,(H,75,78)/b7-5-,13-11-,19-17-,25-23-,31-29-,36-34-,42-40-,48-46-,55-53+,63-61+. The number of aliphatic hydroxyl groups excluding tert-OH is 5. The minimum atomic E-state index is -1.58. The van der Waals surface area contributed by atoms with E-state index in [0.29, 0.717) is 6.42 Å². The summed E-state index contributed by atoms with van der Waals surface area (Å²) in [4.78, 5) is 13.1. The molecule has 1 heterocycles. The van der Waals surface area contributed by atoms with E-state index in [1.807, 2.05) is 6.08 Å². The Bertz CT molecular complexity index is 1720. The summed E-state index contributed by atoms with van der Waals surface area (Å²) >= 11 is 0. The molecule has 0 saturated carbocycles. The molecular formula is C74H127NO8. The molecule has 9 heteroatoms. The van der Waals surface area contributed by atoms with Gasteiger partial charge in [-0.05, 0) is 96.3 Å². The van der Waals surface area contributed by atoms with Crippen LogP contribution >= 0.6 is 0 Å². The van der Waals surface area contributed by atoms with Crippen LogP contribution in [0.5, 0.6) is 0 Å². The van der Waals surface area contributed by atoms with Crippen LogP contribution in [0.25, 0.3) is 0 Å².